The van der Waals surface area contributed by atoms with E-state index in [-0.39, 0.29) is 6.09 Å². The van der Waals surface area contributed by atoms with Crippen LogP contribution in [0.1, 0.15) is 12.5 Å². The summed E-state index contributed by atoms with van der Waals surface area (Å²) < 4.78 is 5.07. The van der Waals surface area contributed by atoms with Crippen LogP contribution in [0.25, 0.3) is 0 Å². The summed E-state index contributed by atoms with van der Waals surface area (Å²) in [7, 11) is 1.64. The van der Waals surface area contributed by atoms with Crippen molar-refractivity contribution in [3.8, 4) is 0 Å². The zero-order chi connectivity index (χ0) is 11.1. The summed E-state index contributed by atoms with van der Waals surface area (Å²) in [5, 5.41) is 1.34. The van der Waals surface area contributed by atoms with Gasteiger partial charge in [-0.05, 0) is 5.56 Å². The van der Waals surface area contributed by atoms with Gasteiger partial charge in [0.25, 0.3) is 0 Å². The standard InChI is InChI=1S/C11H16N2O2/c1-3-12-13(2)11(14)15-9-10-7-5-4-6-8-10/h4-8,12H,3,9H2,1-2H3. The number of carbonyl (C=O) groups is 1. The Labute approximate surface area is 89.8 Å². The third-order valence-electron chi connectivity index (χ3n) is 1.87. The summed E-state index contributed by atoms with van der Waals surface area (Å²) in [5.41, 5.74) is 3.82. The van der Waals surface area contributed by atoms with Crippen molar-refractivity contribution in [2.45, 2.75) is 13.5 Å². The minimum Gasteiger partial charge on any atom is -0.444 e. The first kappa shape index (κ1) is 11.5. The Kier molecular flexibility index (Phi) is 4.63. The first-order valence-corrected chi connectivity index (χ1v) is 4.92. The molecule has 0 bridgehead atoms. The second-order valence-electron chi connectivity index (χ2n) is 3.11. The van der Waals surface area contributed by atoms with Crippen LogP contribution in [-0.2, 0) is 11.3 Å². The lowest BCUT2D eigenvalue weighted by atomic mass is 10.2. The van der Waals surface area contributed by atoms with Crippen molar-refractivity contribution in [3.05, 3.63) is 35.9 Å². The normalized spacial score (nSPS) is 9.73. The number of rotatable bonds is 4. The number of benzene rings is 1. The van der Waals surface area contributed by atoms with Crippen molar-refractivity contribution >= 4 is 6.09 Å². The molecule has 0 aliphatic heterocycles. The number of amides is 1. The summed E-state index contributed by atoms with van der Waals surface area (Å²) in [6, 6.07) is 9.59. The highest BCUT2D eigenvalue weighted by Crippen LogP contribution is 2.01. The maximum atomic E-state index is 11.3. The van der Waals surface area contributed by atoms with E-state index in [2.05, 4.69) is 5.43 Å². The zero-order valence-corrected chi connectivity index (χ0v) is 9.06. The van der Waals surface area contributed by atoms with E-state index in [1.807, 2.05) is 37.3 Å². The summed E-state index contributed by atoms with van der Waals surface area (Å²) in [5.74, 6) is 0. The molecule has 0 radical (unpaired) electrons. The molecule has 1 rings (SSSR count). The van der Waals surface area contributed by atoms with Crippen molar-refractivity contribution in [2.75, 3.05) is 13.6 Å². The number of hydrogen-bond donors (Lipinski definition) is 1. The zero-order valence-electron chi connectivity index (χ0n) is 9.06. The first-order valence-electron chi connectivity index (χ1n) is 4.92. The maximum Gasteiger partial charge on any atom is 0.424 e. The Morgan fingerprint density at radius 1 is 1.40 bits per heavy atom. The van der Waals surface area contributed by atoms with Crippen LogP contribution >= 0.6 is 0 Å². The lowest BCUT2D eigenvalue weighted by molar-refractivity contribution is 0.0891. The maximum absolute atomic E-state index is 11.3. The Morgan fingerprint density at radius 3 is 2.67 bits per heavy atom. The molecule has 0 aliphatic rings. The average molecular weight is 208 g/mol. The molecule has 0 atom stereocenters. The molecule has 1 amide bonds. The van der Waals surface area contributed by atoms with Gasteiger partial charge in [0.05, 0.1) is 0 Å². The van der Waals surface area contributed by atoms with Crippen molar-refractivity contribution in [1.82, 2.24) is 10.4 Å². The molecule has 0 spiro atoms. The highest BCUT2D eigenvalue weighted by atomic mass is 16.6. The predicted octanol–water partition coefficient (Wildman–Crippen LogP) is 1.78. The molecule has 0 unspecified atom stereocenters. The quantitative estimate of drug-likeness (QED) is 0.767. The molecule has 4 nitrogen and oxygen atoms in total. The lowest BCUT2D eigenvalue weighted by Gasteiger charge is -2.16. The molecule has 0 saturated carbocycles. The predicted molar refractivity (Wildman–Crippen MR) is 58.1 cm³/mol. The minimum atomic E-state index is -0.374. The number of carbonyl (C=O) groups excluding carboxylic acids is 1. The van der Waals surface area contributed by atoms with E-state index < -0.39 is 0 Å². The van der Waals surface area contributed by atoms with Gasteiger partial charge >= 0.3 is 6.09 Å². The molecule has 15 heavy (non-hydrogen) atoms. The van der Waals surface area contributed by atoms with Crippen molar-refractivity contribution in [3.63, 3.8) is 0 Å². The smallest absolute Gasteiger partial charge is 0.424 e. The SMILES string of the molecule is CCNN(C)C(=O)OCc1ccccc1. The second-order valence-corrected chi connectivity index (χ2v) is 3.11. The second kappa shape index (κ2) is 6.03. The van der Waals surface area contributed by atoms with Crippen LogP contribution < -0.4 is 5.43 Å². The van der Waals surface area contributed by atoms with Gasteiger partial charge in [-0.25, -0.2) is 15.2 Å². The highest BCUT2D eigenvalue weighted by molar-refractivity contribution is 5.66. The lowest BCUT2D eigenvalue weighted by Crippen LogP contribution is -2.39. The molecule has 1 N–H and O–H groups in total. The molecule has 0 saturated heterocycles. The molecule has 0 fully saturated rings. The van der Waals surface area contributed by atoms with Gasteiger partial charge < -0.3 is 4.74 Å². The van der Waals surface area contributed by atoms with E-state index in [1.54, 1.807) is 7.05 Å². The van der Waals surface area contributed by atoms with Gasteiger partial charge in [-0.1, -0.05) is 37.3 Å². The fourth-order valence-electron chi connectivity index (χ4n) is 1.12. The van der Waals surface area contributed by atoms with Crippen molar-refractivity contribution < 1.29 is 9.53 Å². The molecular formula is C11H16N2O2. The van der Waals surface area contributed by atoms with E-state index in [1.165, 1.54) is 5.01 Å². The Bertz CT molecular complexity index is 301. The van der Waals surface area contributed by atoms with Crippen LogP contribution in [0.2, 0.25) is 0 Å². The van der Waals surface area contributed by atoms with Crippen LogP contribution in [0.4, 0.5) is 4.79 Å². The number of hydrogen-bond acceptors (Lipinski definition) is 3. The third kappa shape index (κ3) is 3.99. The number of hydrazine groups is 1. The van der Waals surface area contributed by atoms with E-state index >= 15 is 0 Å². The highest BCUT2D eigenvalue weighted by Gasteiger charge is 2.07. The van der Waals surface area contributed by atoms with Gasteiger partial charge in [0.2, 0.25) is 0 Å². The van der Waals surface area contributed by atoms with Gasteiger partial charge in [0.15, 0.2) is 0 Å². The van der Waals surface area contributed by atoms with Crippen molar-refractivity contribution in [1.29, 1.82) is 0 Å². The van der Waals surface area contributed by atoms with Crippen molar-refractivity contribution in [2.24, 2.45) is 0 Å². The van der Waals surface area contributed by atoms with Crippen LogP contribution in [-0.4, -0.2) is 24.7 Å². The fourth-order valence-corrected chi connectivity index (χ4v) is 1.12. The Hall–Kier alpha value is -1.55. The monoisotopic (exact) mass is 208 g/mol. The van der Waals surface area contributed by atoms with Gasteiger partial charge in [-0.2, -0.15) is 0 Å². The van der Waals surface area contributed by atoms with Gasteiger partial charge in [0.1, 0.15) is 6.61 Å². The minimum absolute atomic E-state index is 0.301. The average Bonchev–Trinajstić information content (AvgIpc) is 2.27. The van der Waals surface area contributed by atoms with Crippen LogP contribution in [0.5, 0.6) is 0 Å². The molecular weight excluding hydrogens is 192 g/mol. The number of nitrogens with zero attached hydrogens (tertiary/aromatic N) is 1. The molecule has 0 aliphatic carbocycles. The number of ether oxygens (including phenoxy) is 1. The third-order valence-corrected chi connectivity index (χ3v) is 1.87. The molecule has 0 aromatic heterocycles. The van der Waals surface area contributed by atoms with Crippen LogP contribution in [0, 0.1) is 0 Å². The molecule has 1 aromatic rings. The summed E-state index contributed by atoms with van der Waals surface area (Å²) in [4.78, 5) is 11.3. The summed E-state index contributed by atoms with van der Waals surface area (Å²) >= 11 is 0. The number of nitrogens with one attached hydrogen (secondary N) is 1. The van der Waals surface area contributed by atoms with E-state index in [9.17, 15) is 4.79 Å². The Morgan fingerprint density at radius 2 is 2.07 bits per heavy atom. The topological polar surface area (TPSA) is 41.6 Å². The first-order chi connectivity index (χ1) is 7.24. The van der Waals surface area contributed by atoms with Crippen LogP contribution in [0.15, 0.2) is 30.3 Å². The summed E-state index contributed by atoms with van der Waals surface area (Å²) in [6.45, 7) is 2.91. The molecule has 82 valence electrons. The molecule has 0 heterocycles. The van der Waals surface area contributed by atoms with Gasteiger partial charge in [-0.15, -0.1) is 0 Å². The van der Waals surface area contributed by atoms with E-state index in [4.69, 9.17) is 4.74 Å². The van der Waals surface area contributed by atoms with Gasteiger partial charge in [0, 0.05) is 13.6 Å². The van der Waals surface area contributed by atoms with Gasteiger partial charge in [-0.3, -0.25) is 0 Å². The van der Waals surface area contributed by atoms with E-state index in [0.717, 1.165) is 5.56 Å². The van der Waals surface area contributed by atoms with Crippen LogP contribution in [0.3, 0.4) is 0 Å². The largest absolute Gasteiger partial charge is 0.444 e. The Balaban J connectivity index is 2.34. The molecule has 1 aromatic carbocycles. The fraction of sp³-hybridized carbons (Fsp3) is 0.364. The van der Waals surface area contributed by atoms with E-state index in [0.29, 0.717) is 13.2 Å². The molecule has 4 heteroatoms. The summed E-state index contributed by atoms with van der Waals surface area (Å²) in [6.07, 6.45) is -0.374.